The Bertz CT molecular complexity index is 396. The van der Waals surface area contributed by atoms with Gasteiger partial charge in [0.15, 0.2) is 0 Å². The highest BCUT2D eigenvalue weighted by Crippen LogP contribution is 2.34. The van der Waals surface area contributed by atoms with Gasteiger partial charge in [-0.15, -0.1) is 0 Å². The molecule has 0 radical (unpaired) electrons. The number of hydrogen-bond donors (Lipinski definition) is 1. The average molecular weight is 294 g/mol. The molecule has 0 bridgehead atoms. The molecule has 1 aliphatic heterocycles. The summed E-state index contributed by atoms with van der Waals surface area (Å²) in [5.41, 5.74) is 0. The first kappa shape index (κ1) is 16.3. The molecule has 0 aromatic heterocycles. The smallest absolute Gasteiger partial charge is 0.246 e. The predicted molar refractivity (Wildman–Crippen MR) is 83.7 cm³/mol. The second kappa shape index (κ2) is 6.80. The van der Waals surface area contributed by atoms with Gasteiger partial charge in [0.25, 0.3) is 0 Å². The van der Waals surface area contributed by atoms with E-state index in [2.05, 4.69) is 26.1 Å². The van der Waals surface area contributed by atoms with E-state index in [1.54, 1.807) is 0 Å². The molecular weight excluding hydrogens is 264 g/mol. The van der Waals surface area contributed by atoms with Gasteiger partial charge in [-0.05, 0) is 43.9 Å². The van der Waals surface area contributed by atoms with Gasteiger partial charge in [0.05, 0.1) is 0 Å². The summed E-state index contributed by atoms with van der Waals surface area (Å²) in [6.07, 6.45) is 5.72. The van der Waals surface area contributed by atoms with Crippen LogP contribution in [0.5, 0.6) is 0 Å². The highest BCUT2D eigenvalue weighted by Gasteiger charge is 2.44. The number of hydrogen-bond acceptors (Lipinski definition) is 2. The van der Waals surface area contributed by atoms with E-state index in [-0.39, 0.29) is 29.9 Å². The van der Waals surface area contributed by atoms with Gasteiger partial charge < -0.3 is 10.2 Å². The summed E-state index contributed by atoms with van der Waals surface area (Å²) >= 11 is 0. The second-order valence-corrected chi connectivity index (χ2v) is 6.98. The number of carbonyl (C=O) groups is 2. The van der Waals surface area contributed by atoms with E-state index >= 15 is 0 Å². The maximum absolute atomic E-state index is 12.9. The van der Waals surface area contributed by atoms with E-state index in [1.165, 1.54) is 0 Å². The van der Waals surface area contributed by atoms with Crippen molar-refractivity contribution in [1.82, 2.24) is 10.2 Å². The molecule has 1 N–H and O–H groups in total. The molecule has 2 amide bonds. The summed E-state index contributed by atoms with van der Waals surface area (Å²) in [5.74, 6) is 1.41. The van der Waals surface area contributed by atoms with Crippen molar-refractivity contribution in [1.29, 1.82) is 0 Å². The fraction of sp³-hybridized carbons (Fsp3) is 0.882. The van der Waals surface area contributed by atoms with Crippen LogP contribution in [0.1, 0.15) is 66.2 Å². The van der Waals surface area contributed by atoms with Crippen LogP contribution in [0, 0.1) is 11.8 Å². The first-order valence-electron chi connectivity index (χ1n) is 8.62. The molecule has 21 heavy (non-hydrogen) atoms. The van der Waals surface area contributed by atoms with Crippen molar-refractivity contribution in [2.75, 3.05) is 0 Å². The molecule has 2 fully saturated rings. The lowest BCUT2D eigenvalue weighted by Gasteiger charge is -2.47. The van der Waals surface area contributed by atoms with Crippen molar-refractivity contribution >= 4 is 11.8 Å². The van der Waals surface area contributed by atoms with E-state index in [4.69, 9.17) is 0 Å². The van der Waals surface area contributed by atoms with E-state index in [9.17, 15) is 9.59 Å². The second-order valence-electron chi connectivity index (χ2n) is 6.98. The summed E-state index contributed by atoms with van der Waals surface area (Å²) in [4.78, 5) is 27.2. The van der Waals surface area contributed by atoms with Gasteiger partial charge in [0.2, 0.25) is 11.8 Å². The van der Waals surface area contributed by atoms with Gasteiger partial charge in [-0.1, -0.05) is 34.1 Å². The Morgan fingerprint density at radius 2 is 1.90 bits per heavy atom. The van der Waals surface area contributed by atoms with Crippen LogP contribution in [0.3, 0.4) is 0 Å². The predicted octanol–water partition coefficient (Wildman–Crippen LogP) is 2.72. The van der Waals surface area contributed by atoms with Gasteiger partial charge in [-0.2, -0.15) is 0 Å². The van der Waals surface area contributed by atoms with Gasteiger partial charge in [-0.25, -0.2) is 0 Å². The Balaban J connectivity index is 2.22. The molecule has 4 nitrogen and oxygen atoms in total. The summed E-state index contributed by atoms with van der Waals surface area (Å²) in [6.45, 7) is 8.58. The van der Waals surface area contributed by atoms with E-state index in [1.807, 2.05) is 11.8 Å². The fourth-order valence-electron chi connectivity index (χ4n) is 4.11. The number of nitrogens with one attached hydrogen (secondary N) is 1. The van der Waals surface area contributed by atoms with E-state index < -0.39 is 0 Å². The number of amides is 2. The molecule has 2 aliphatic rings. The van der Waals surface area contributed by atoms with Gasteiger partial charge in [0, 0.05) is 6.04 Å². The minimum absolute atomic E-state index is 0.0429. The highest BCUT2D eigenvalue weighted by molar-refractivity contribution is 5.97. The zero-order valence-electron chi connectivity index (χ0n) is 13.9. The standard InChI is InChI=1S/C17H30N2O2/c1-5-7-13-17(21)19(14(6-2)16(20)18-13)15-9-8-11(3)10-12(15)4/h11-15H,5-10H2,1-4H3,(H,18,20). The topological polar surface area (TPSA) is 49.4 Å². The molecule has 1 heterocycles. The molecular formula is C17H30N2O2. The molecule has 5 unspecified atom stereocenters. The molecule has 0 aromatic carbocycles. The van der Waals surface area contributed by atoms with Crippen molar-refractivity contribution < 1.29 is 9.59 Å². The molecule has 0 aromatic rings. The Kier molecular flexibility index (Phi) is 5.28. The number of rotatable bonds is 4. The lowest BCUT2D eigenvalue weighted by Crippen LogP contribution is -2.66. The molecule has 1 saturated carbocycles. The normalized spacial score (nSPS) is 37.5. The largest absolute Gasteiger partial charge is 0.343 e. The highest BCUT2D eigenvalue weighted by atomic mass is 16.2. The molecule has 1 saturated heterocycles. The van der Waals surface area contributed by atoms with Gasteiger partial charge in [0.1, 0.15) is 12.1 Å². The van der Waals surface area contributed by atoms with Crippen LogP contribution < -0.4 is 5.32 Å². The lowest BCUT2D eigenvalue weighted by molar-refractivity contribution is -0.155. The third-order valence-corrected chi connectivity index (χ3v) is 5.22. The molecule has 4 heteroatoms. The molecule has 0 spiro atoms. The third kappa shape index (κ3) is 3.24. The van der Waals surface area contributed by atoms with Gasteiger partial charge >= 0.3 is 0 Å². The van der Waals surface area contributed by atoms with Crippen LogP contribution in [0.15, 0.2) is 0 Å². The van der Waals surface area contributed by atoms with Crippen molar-refractivity contribution in [3.8, 4) is 0 Å². The Hall–Kier alpha value is -1.06. The number of piperazine rings is 1. The van der Waals surface area contributed by atoms with Gasteiger partial charge in [-0.3, -0.25) is 9.59 Å². The zero-order chi connectivity index (χ0) is 15.6. The van der Waals surface area contributed by atoms with Crippen LogP contribution in [0.2, 0.25) is 0 Å². The first-order valence-corrected chi connectivity index (χ1v) is 8.62. The SMILES string of the molecule is CCCC1NC(=O)C(CC)N(C2CCC(C)CC2C)C1=O. The summed E-state index contributed by atoms with van der Waals surface area (Å²) in [6, 6.07) is -0.340. The van der Waals surface area contributed by atoms with Crippen LogP contribution in [-0.4, -0.2) is 34.8 Å². The molecule has 120 valence electrons. The van der Waals surface area contributed by atoms with Crippen LogP contribution in [0.4, 0.5) is 0 Å². The lowest BCUT2D eigenvalue weighted by atomic mass is 9.78. The molecule has 2 rings (SSSR count). The van der Waals surface area contributed by atoms with Crippen LogP contribution in [-0.2, 0) is 9.59 Å². The Labute approximate surface area is 128 Å². The van der Waals surface area contributed by atoms with Crippen molar-refractivity contribution in [2.45, 2.75) is 84.3 Å². The monoisotopic (exact) mass is 294 g/mol. The van der Waals surface area contributed by atoms with Crippen LogP contribution in [0.25, 0.3) is 0 Å². The maximum Gasteiger partial charge on any atom is 0.246 e. The Morgan fingerprint density at radius 1 is 1.19 bits per heavy atom. The van der Waals surface area contributed by atoms with E-state index in [0.717, 1.165) is 38.0 Å². The summed E-state index contributed by atoms with van der Waals surface area (Å²) in [5, 5.41) is 2.93. The maximum atomic E-state index is 12.9. The third-order valence-electron chi connectivity index (χ3n) is 5.22. The summed E-state index contributed by atoms with van der Waals surface area (Å²) < 4.78 is 0. The average Bonchev–Trinajstić information content (AvgIpc) is 2.43. The first-order chi connectivity index (χ1) is 9.99. The number of carbonyl (C=O) groups excluding carboxylic acids is 2. The van der Waals surface area contributed by atoms with E-state index in [0.29, 0.717) is 12.3 Å². The summed E-state index contributed by atoms with van der Waals surface area (Å²) in [7, 11) is 0. The Morgan fingerprint density at radius 3 is 2.48 bits per heavy atom. The van der Waals surface area contributed by atoms with Crippen LogP contribution >= 0.6 is 0 Å². The number of nitrogens with zero attached hydrogens (tertiary/aromatic N) is 1. The van der Waals surface area contributed by atoms with Crippen molar-refractivity contribution in [3.63, 3.8) is 0 Å². The fourth-order valence-corrected chi connectivity index (χ4v) is 4.11. The molecule has 5 atom stereocenters. The molecule has 1 aliphatic carbocycles. The quantitative estimate of drug-likeness (QED) is 0.866. The van der Waals surface area contributed by atoms with Crippen molar-refractivity contribution in [3.05, 3.63) is 0 Å². The van der Waals surface area contributed by atoms with Crippen molar-refractivity contribution in [2.24, 2.45) is 11.8 Å². The minimum Gasteiger partial charge on any atom is -0.343 e. The minimum atomic E-state index is -0.308. The zero-order valence-corrected chi connectivity index (χ0v) is 13.9.